The molecule has 0 heterocycles. The number of anilines is 1. The molecular weight excluding hydrogens is 252 g/mol. The Bertz CT molecular complexity index is 502. The van der Waals surface area contributed by atoms with Crippen LogP contribution in [0.1, 0.15) is 5.56 Å². The Morgan fingerprint density at radius 2 is 2.00 bits per heavy atom. The van der Waals surface area contributed by atoms with Crippen molar-refractivity contribution in [1.29, 1.82) is 0 Å². The molecule has 1 aromatic rings. The number of sulfonamides is 1. The molecule has 0 atom stereocenters. The second-order valence-corrected chi connectivity index (χ2v) is 5.55. The monoisotopic (exact) mass is 264 g/mol. The van der Waals surface area contributed by atoms with Crippen LogP contribution in [0, 0.1) is 6.92 Å². The second kappa shape index (κ2) is 4.58. The molecule has 0 aliphatic heterocycles. The third kappa shape index (κ3) is 2.30. The molecule has 0 saturated carbocycles. The molecule has 0 aromatic heterocycles. The largest absolute Gasteiger partial charge is 0.397 e. The van der Waals surface area contributed by atoms with Gasteiger partial charge in [0, 0.05) is 7.05 Å². The average Bonchev–Trinajstić information content (AvgIpc) is 2.21. The molecule has 1 rings (SSSR count). The fourth-order valence-electron chi connectivity index (χ4n) is 1.18. The minimum absolute atomic E-state index is 0.0822. The van der Waals surface area contributed by atoms with Gasteiger partial charge in [-0.2, -0.15) is 0 Å². The van der Waals surface area contributed by atoms with Crippen LogP contribution in [0.5, 0.6) is 0 Å². The first-order valence-corrected chi connectivity index (χ1v) is 6.21. The molecule has 0 amide bonds. The van der Waals surface area contributed by atoms with E-state index in [1.807, 2.05) is 0 Å². The van der Waals surface area contributed by atoms with Crippen molar-refractivity contribution < 1.29 is 13.3 Å². The molecule has 2 N–H and O–H groups in total. The van der Waals surface area contributed by atoms with Gasteiger partial charge in [0.2, 0.25) is 0 Å². The first-order valence-electron chi connectivity index (χ1n) is 4.39. The van der Waals surface area contributed by atoms with Crippen molar-refractivity contribution in [3.05, 3.63) is 22.7 Å². The van der Waals surface area contributed by atoms with Gasteiger partial charge in [0.05, 0.1) is 22.7 Å². The standard InChI is InChI=1S/C9H13ClN2O3S/c1-6-4-7(10)8(11)5-9(6)16(13,14)12(2)15-3/h4-5H,11H2,1-3H3. The van der Waals surface area contributed by atoms with Crippen LogP contribution in [0.2, 0.25) is 5.02 Å². The zero-order valence-electron chi connectivity index (χ0n) is 9.19. The van der Waals surface area contributed by atoms with Crippen LogP contribution in [-0.2, 0) is 14.9 Å². The van der Waals surface area contributed by atoms with Crippen molar-refractivity contribution >= 4 is 27.3 Å². The van der Waals surface area contributed by atoms with Gasteiger partial charge in [0.25, 0.3) is 10.0 Å². The highest BCUT2D eigenvalue weighted by atomic mass is 35.5. The Labute approximate surface area is 99.8 Å². The first-order chi connectivity index (χ1) is 7.30. The molecule has 0 spiro atoms. The molecule has 5 nitrogen and oxygen atoms in total. The van der Waals surface area contributed by atoms with Crippen LogP contribution in [0.3, 0.4) is 0 Å². The number of aryl methyl sites for hydroxylation is 1. The number of hydroxylamine groups is 1. The van der Waals surface area contributed by atoms with E-state index in [-0.39, 0.29) is 10.6 Å². The number of nitrogens with two attached hydrogens (primary N) is 1. The lowest BCUT2D eigenvalue weighted by molar-refractivity contribution is -0.0258. The van der Waals surface area contributed by atoms with Gasteiger partial charge in [-0.25, -0.2) is 8.42 Å². The molecule has 0 bridgehead atoms. The fraction of sp³-hybridized carbons (Fsp3) is 0.333. The lowest BCUT2D eigenvalue weighted by Gasteiger charge is -2.16. The summed E-state index contributed by atoms with van der Waals surface area (Å²) in [6, 6.07) is 2.83. The third-order valence-electron chi connectivity index (χ3n) is 2.17. The van der Waals surface area contributed by atoms with Gasteiger partial charge in [-0.05, 0) is 24.6 Å². The number of hydrogen-bond donors (Lipinski definition) is 1. The molecule has 0 radical (unpaired) electrons. The van der Waals surface area contributed by atoms with Gasteiger partial charge in [-0.3, -0.25) is 4.84 Å². The zero-order valence-corrected chi connectivity index (χ0v) is 10.8. The quantitative estimate of drug-likeness (QED) is 0.662. The molecule has 0 saturated heterocycles. The van der Waals surface area contributed by atoms with Crippen molar-refractivity contribution in [3.63, 3.8) is 0 Å². The predicted molar refractivity (Wildman–Crippen MR) is 62.6 cm³/mol. The van der Waals surface area contributed by atoms with Crippen LogP contribution in [0.15, 0.2) is 17.0 Å². The normalized spacial score (nSPS) is 12.1. The molecule has 0 aliphatic rings. The van der Waals surface area contributed by atoms with Crippen molar-refractivity contribution in [2.45, 2.75) is 11.8 Å². The van der Waals surface area contributed by atoms with E-state index in [0.717, 1.165) is 4.47 Å². The van der Waals surface area contributed by atoms with Gasteiger partial charge in [-0.15, -0.1) is 0 Å². The van der Waals surface area contributed by atoms with Gasteiger partial charge in [0.15, 0.2) is 0 Å². The Balaban J connectivity index is 3.40. The zero-order chi connectivity index (χ0) is 12.5. The lowest BCUT2D eigenvalue weighted by Crippen LogP contribution is -2.26. The van der Waals surface area contributed by atoms with Crippen LogP contribution < -0.4 is 5.73 Å². The van der Waals surface area contributed by atoms with Gasteiger partial charge in [-0.1, -0.05) is 16.1 Å². The van der Waals surface area contributed by atoms with Crippen LogP contribution in [-0.4, -0.2) is 27.0 Å². The van der Waals surface area contributed by atoms with Gasteiger partial charge in [0.1, 0.15) is 0 Å². The van der Waals surface area contributed by atoms with E-state index < -0.39 is 10.0 Å². The molecule has 7 heteroatoms. The lowest BCUT2D eigenvalue weighted by atomic mass is 10.2. The van der Waals surface area contributed by atoms with Crippen LogP contribution >= 0.6 is 11.6 Å². The van der Waals surface area contributed by atoms with E-state index >= 15 is 0 Å². The summed E-state index contributed by atoms with van der Waals surface area (Å²) in [5.41, 5.74) is 6.31. The van der Waals surface area contributed by atoms with Gasteiger partial charge >= 0.3 is 0 Å². The molecule has 0 aliphatic carbocycles. The maximum Gasteiger partial charge on any atom is 0.265 e. The summed E-state index contributed by atoms with van der Waals surface area (Å²) in [7, 11) is -1.11. The number of hydrogen-bond acceptors (Lipinski definition) is 4. The number of nitrogens with zero attached hydrogens (tertiary/aromatic N) is 1. The number of rotatable bonds is 3. The highest BCUT2D eigenvalue weighted by Gasteiger charge is 2.23. The number of benzene rings is 1. The minimum atomic E-state index is -3.69. The Hall–Kier alpha value is -0.820. The van der Waals surface area contributed by atoms with E-state index in [9.17, 15) is 8.42 Å². The summed E-state index contributed by atoms with van der Waals surface area (Å²) in [6.07, 6.45) is 0. The maximum atomic E-state index is 11.9. The Morgan fingerprint density at radius 3 is 2.50 bits per heavy atom. The van der Waals surface area contributed by atoms with E-state index in [2.05, 4.69) is 4.84 Å². The van der Waals surface area contributed by atoms with E-state index in [1.165, 1.54) is 26.3 Å². The van der Waals surface area contributed by atoms with E-state index in [4.69, 9.17) is 17.3 Å². The molecule has 1 aromatic carbocycles. The van der Waals surface area contributed by atoms with Crippen molar-refractivity contribution in [2.75, 3.05) is 19.9 Å². The topological polar surface area (TPSA) is 72.6 Å². The van der Waals surface area contributed by atoms with E-state index in [0.29, 0.717) is 10.6 Å². The van der Waals surface area contributed by atoms with Crippen LogP contribution in [0.4, 0.5) is 5.69 Å². The molecule has 16 heavy (non-hydrogen) atoms. The Kier molecular flexibility index (Phi) is 3.80. The van der Waals surface area contributed by atoms with Crippen LogP contribution in [0.25, 0.3) is 0 Å². The molecule has 0 unspecified atom stereocenters. The summed E-state index contributed by atoms with van der Waals surface area (Å²) >= 11 is 5.78. The fourth-order valence-corrected chi connectivity index (χ4v) is 2.62. The number of nitrogen functional groups attached to an aromatic ring is 1. The predicted octanol–water partition coefficient (Wildman–Crippen LogP) is 1.41. The third-order valence-corrected chi connectivity index (χ3v) is 4.32. The summed E-state index contributed by atoms with van der Waals surface area (Å²) in [6.45, 7) is 1.64. The van der Waals surface area contributed by atoms with Crippen molar-refractivity contribution in [1.82, 2.24) is 4.47 Å². The smallest absolute Gasteiger partial charge is 0.265 e. The average molecular weight is 265 g/mol. The SMILES string of the molecule is CON(C)S(=O)(=O)c1cc(N)c(Cl)cc1C. The molecule has 0 fully saturated rings. The highest BCUT2D eigenvalue weighted by Crippen LogP contribution is 2.27. The summed E-state index contributed by atoms with van der Waals surface area (Å²) in [5, 5.41) is 0.330. The summed E-state index contributed by atoms with van der Waals surface area (Å²) in [4.78, 5) is 4.75. The summed E-state index contributed by atoms with van der Waals surface area (Å²) in [5.74, 6) is 0. The van der Waals surface area contributed by atoms with Crippen molar-refractivity contribution in [2.24, 2.45) is 0 Å². The summed E-state index contributed by atoms with van der Waals surface area (Å²) < 4.78 is 24.7. The molecular formula is C9H13ClN2O3S. The van der Waals surface area contributed by atoms with Crippen molar-refractivity contribution in [3.8, 4) is 0 Å². The Morgan fingerprint density at radius 1 is 1.44 bits per heavy atom. The highest BCUT2D eigenvalue weighted by molar-refractivity contribution is 7.89. The molecule has 90 valence electrons. The maximum absolute atomic E-state index is 11.9. The van der Waals surface area contributed by atoms with Gasteiger partial charge < -0.3 is 5.73 Å². The minimum Gasteiger partial charge on any atom is -0.397 e. The van der Waals surface area contributed by atoms with E-state index in [1.54, 1.807) is 6.92 Å². The first kappa shape index (κ1) is 13.2. The second-order valence-electron chi connectivity index (χ2n) is 3.24. The number of halogens is 1.